The molecule has 5 nitrogen and oxygen atoms in total. The first-order chi connectivity index (χ1) is 9.78. The van der Waals surface area contributed by atoms with Gasteiger partial charge in [-0.05, 0) is 44.8 Å². The number of hydrogen-bond acceptors (Lipinski definition) is 3. The summed E-state index contributed by atoms with van der Waals surface area (Å²) in [7, 11) is 0. The number of likely N-dealkylation sites (N-methyl/N-ethyl adjacent to an activating group) is 1. The Morgan fingerprint density at radius 1 is 1.45 bits per heavy atom. The van der Waals surface area contributed by atoms with E-state index < -0.39 is 0 Å². The summed E-state index contributed by atoms with van der Waals surface area (Å²) in [4.78, 5) is 14.6. The number of aromatic amines is 1. The van der Waals surface area contributed by atoms with E-state index in [2.05, 4.69) is 27.3 Å². The second kappa shape index (κ2) is 5.95. The molecule has 5 heteroatoms. The fourth-order valence-corrected chi connectivity index (χ4v) is 3.06. The summed E-state index contributed by atoms with van der Waals surface area (Å²) >= 11 is 0. The third-order valence-electron chi connectivity index (χ3n) is 4.50. The van der Waals surface area contributed by atoms with E-state index in [9.17, 15) is 4.79 Å². The van der Waals surface area contributed by atoms with Gasteiger partial charge in [0.15, 0.2) is 0 Å². The summed E-state index contributed by atoms with van der Waals surface area (Å²) in [5.74, 6) is 0.563. The van der Waals surface area contributed by atoms with E-state index in [-0.39, 0.29) is 5.91 Å². The number of piperidine rings is 1. The average Bonchev–Trinajstić information content (AvgIpc) is 3.22. The Balaban J connectivity index is 1.52. The van der Waals surface area contributed by atoms with Gasteiger partial charge in [0.05, 0.1) is 0 Å². The quantitative estimate of drug-likeness (QED) is 0.863. The zero-order valence-electron chi connectivity index (χ0n) is 12.2. The fourth-order valence-electron chi connectivity index (χ4n) is 3.06. The van der Waals surface area contributed by atoms with Crippen molar-refractivity contribution in [3.8, 4) is 0 Å². The molecule has 20 heavy (non-hydrogen) atoms. The Hall–Kier alpha value is -1.36. The lowest BCUT2D eigenvalue weighted by Crippen LogP contribution is -2.46. The lowest BCUT2D eigenvalue weighted by atomic mass is 10.0. The van der Waals surface area contributed by atoms with Gasteiger partial charge in [-0.1, -0.05) is 13.3 Å². The van der Waals surface area contributed by atoms with E-state index in [1.54, 1.807) is 0 Å². The molecule has 3 rings (SSSR count). The summed E-state index contributed by atoms with van der Waals surface area (Å²) in [5.41, 5.74) is 1.65. The van der Waals surface area contributed by atoms with Gasteiger partial charge in [-0.2, -0.15) is 5.10 Å². The highest BCUT2D eigenvalue weighted by atomic mass is 16.1. The third kappa shape index (κ3) is 3.03. The second-order valence-corrected chi connectivity index (χ2v) is 5.97. The minimum atomic E-state index is -0.0465. The molecule has 0 bridgehead atoms. The maximum Gasteiger partial charge on any atom is 0.271 e. The SMILES string of the molecule is CCN1CCCC[C@@H]1CNC(=O)c1cc(C2CC2)[nH]n1. The van der Waals surface area contributed by atoms with E-state index in [4.69, 9.17) is 0 Å². The highest BCUT2D eigenvalue weighted by Crippen LogP contribution is 2.38. The van der Waals surface area contributed by atoms with Gasteiger partial charge in [-0.3, -0.25) is 14.8 Å². The minimum absolute atomic E-state index is 0.0465. The fraction of sp³-hybridized carbons (Fsp3) is 0.733. The van der Waals surface area contributed by atoms with Crippen LogP contribution in [-0.2, 0) is 0 Å². The number of rotatable bonds is 5. The van der Waals surface area contributed by atoms with Crippen molar-refractivity contribution in [1.82, 2.24) is 20.4 Å². The van der Waals surface area contributed by atoms with Gasteiger partial charge in [0.1, 0.15) is 5.69 Å². The van der Waals surface area contributed by atoms with Crippen molar-refractivity contribution in [2.45, 2.75) is 51.0 Å². The Kier molecular flexibility index (Phi) is 4.05. The van der Waals surface area contributed by atoms with Gasteiger partial charge in [-0.25, -0.2) is 0 Å². The molecule has 1 aliphatic carbocycles. The molecule has 0 aromatic carbocycles. The van der Waals surface area contributed by atoms with Crippen LogP contribution in [0.25, 0.3) is 0 Å². The molecule has 2 aliphatic rings. The van der Waals surface area contributed by atoms with Crippen LogP contribution < -0.4 is 5.32 Å². The van der Waals surface area contributed by atoms with Crippen molar-refractivity contribution in [2.24, 2.45) is 0 Å². The number of nitrogens with zero attached hydrogens (tertiary/aromatic N) is 2. The number of aromatic nitrogens is 2. The number of carbonyl (C=O) groups is 1. The molecule has 1 aromatic rings. The van der Waals surface area contributed by atoms with E-state index >= 15 is 0 Å². The van der Waals surface area contributed by atoms with E-state index in [0.717, 1.165) is 25.3 Å². The van der Waals surface area contributed by atoms with Crippen molar-refractivity contribution in [2.75, 3.05) is 19.6 Å². The lowest BCUT2D eigenvalue weighted by molar-refractivity contribution is 0.0913. The van der Waals surface area contributed by atoms with Crippen LogP contribution in [0.2, 0.25) is 0 Å². The first-order valence-corrected chi connectivity index (χ1v) is 7.85. The number of H-pyrrole nitrogens is 1. The van der Waals surface area contributed by atoms with Gasteiger partial charge in [0.25, 0.3) is 5.91 Å². The topological polar surface area (TPSA) is 61.0 Å². The Bertz CT molecular complexity index is 466. The predicted molar refractivity (Wildman–Crippen MR) is 77.8 cm³/mol. The molecule has 1 aromatic heterocycles. The number of nitrogens with one attached hydrogen (secondary N) is 2. The van der Waals surface area contributed by atoms with E-state index in [1.807, 2.05) is 6.07 Å². The molecular weight excluding hydrogens is 252 g/mol. The van der Waals surface area contributed by atoms with Gasteiger partial charge in [-0.15, -0.1) is 0 Å². The monoisotopic (exact) mass is 276 g/mol. The van der Waals surface area contributed by atoms with Crippen LogP contribution in [0.1, 0.15) is 61.1 Å². The largest absolute Gasteiger partial charge is 0.349 e. The number of likely N-dealkylation sites (tertiary alicyclic amines) is 1. The van der Waals surface area contributed by atoms with Crippen molar-refractivity contribution >= 4 is 5.91 Å². The van der Waals surface area contributed by atoms with Crippen molar-refractivity contribution < 1.29 is 4.79 Å². The van der Waals surface area contributed by atoms with Gasteiger partial charge in [0.2, 0.25) is 0 Å². The summed E-state index contributed by atoms with van der Waals surface area (Å²) in [6.45, 7) is 5.15. The van der Waals surface area contributed by atoms with Crippen LogP contribution in [0.15, 0.2) is 6.07 Å². The normalized spacial score (nSPS) is 23.8. The van der Waals surface area contributed by atoms with Crippen molar-refractivity contribution in [3.63, 3.8) is 0 Å². The zero-order valence-corrected chi connectivity index (χ0v) is 12.2. The van der Waals surface area contributed by atoms with Crippen LogP contribution in [0, 0.1) is 0 Å². The highest BCUT2D eigenvalue weighted by Gasteiger charge is 2.27. The Labute approximate surface area is 120 Å². The third-order valence-corrected chi connectivity index (χ3v) is 4.50. The molecule has 2 N–H and O–H groups in total. The van der Waals surface area contributed by atoms with Gasteiger partial charge >= 0.3 is 0 Å². The van der Waals surface area contributed by atoms with Crippen molar-refractivity contribution in [3.05, 3.63) is 17.5 Å². The second-order valence-electron chi connectivity index (χ2n) is 5.97. The molecule has 0 radical (unpaired) electrons. The average molecular weight is 276 g/mol. The molecule has 1 saturated heterocycles. The molecule has 110 valence electrons. The van der Waals surface area contributed by atoms with Crippen LogP contribution in [0.5, 0.6) is 0 Å². The smallest absolute Gasteiger partial charge is 0.271 e. The molecule has 2 heterocycles. The Morgan fingerprint density at radius 2 is 2.30 bits per heavy atom. The van der Waals surface area contributed by atoms with Gasteiger partial charge < -0.3 is 5.32 Å². The highest BCUT2D eigenvalue weighted by molar-refractivity contribution is 5.92. The summed E-state index contributed by atoms with van der Waals surface area (Å²) in [5, 5.41) is 10.2. The molecule has 0 spiro atoms. The molecular formula is C15H24N4O. The number of hydrogen-bond donors (Lipinski definition) is 2. The predicted octanol–water partition coefficient (Wildman–Crippen LogP) is 1.89. The maximum absolute atomic E-state index is 12.1. The van der Waals surface area contributed by atoms with Crippen LogP contribution in [0.3, 0.4) is 0 Å². The zero-order chi connectivity index (χ0) is 13.9. The van der Waals surface area contributed by atoms with Gasteiger partial charge in [0, 0.05) is 24.2 Å². The molecule has 1 aliphatic heterocycles. The summed E-state index contributed by atoms with van der Waals surface area (Å²) < 4.78 is 0. The van der Waals surface area contributed by atoms with Crippen LogP contribution >= 0.6 is 0 Å². The van der Waals surface area contributed by atoms with Crippen LogP contribution in [-0.4, -0.2) is 46.7 Å². The molecule has 0 unspecified atom stereocenters. The van der Waals surface area contributed by atoms with Crippen molar-refractivity contribution in [1.29, 1.82) is 0 Å². The molecule has 1 amide bonds. The minimum Gasteiger partial charge on any atom is -0.349 e. The maximum atomic E-state index is 12.1. The molecule has 1 saturated carbocycles. The first-order valence-electron chi connectivity index (χ1n) is 7.85. The summed E-state index contributed by atoms with van der Waals surface area (Å²) in [6.07, 6.45) is 6.17. The number of carbonyl (C=O) groups excluding carboxylic acids is 1. The van der Waals surface area contributed by atoms with E-state index in [1.165, 1.54) is 32.1 Å². The molecule has 2 fully saturated rings. The first kappa shape index (κ1) is 13.6. The Morgan fingerprint density at radius 3 is 3.05 bits per heavy atom. The standard InChI is InChI=1S/C15H24N4O/c1-2-19-8-4-3-5-12(19)10-16-15(20)14-9-13(17-18-14)11-6-7-11/h9,11-12H,2-8,10H2,1H3,(H,16,20)(H,17,18)/t12-/m1/s1. The van der Waals surface area contributed by atoms with E-state index in [0.29, 0.717) is 17.7 Å². The van der Waals surface area contributed by atoms with Crippen LogP contribution in [0.4, 0.5) is 0 Å². The lowest BCUT2D eigenvalue weighted by Gasteiger charge is -2.34. The number of amides is 1. The summed E-state index contributed by atoms with van der Waals surface area (Å²) in [6, 6.07) is 2.39. The molecule has 1 atom stereocenters.